The van der Waals surface area contributed by atoms with Gasteiger partial charge < -0.3 is 34.7 Å². The van der Waals surface area contributed by atoms with Gasteiger partial charge in [0.05, 0.1) is 5.97 Å². The molecular weight excluding hydrogens is 416 g/mol. The Kier molecular flexibility index (Phi) is 5.16. The van der Waals surface area contributed by atoms with E-state index in [-0.39, 0.29) is 11.3 Å². The van der Waals surface area contributed by atoms with Crippen molar-refractivity contribution in [2.75, 3.05) is 0 Å². The molecule has 1 saturated heterocycles. The Morgan fingerprint density at radius 2 is 1.97 bits per heavy atom. The molecular formula is C24H27O8-. The summed E-state index contributed by atoms with van der Waals surface area (Å²) in [5.41, 5.74) is 3.39. The molecule has 2 saturated carbocycles. The number of ether oxygens (including phenoxy) is 2. The number of aliphatic carboxylic acids is 1. The van der Waals surface area contributed by atoms with Crippen LogP contribution in [0.4, 0.5) is 0 Å². The van der Waals surface area contributed by atoms with E-state index in [0.29, 0.717) is 30.3 Å². The van der Waals surface area contributed by atoms with E-state index in [9.17, 15) is 30.0 Å². The number of aliphatic hydroxyl groups excluding tert-OH is 3. The summed E-state index contributed by atoms with van der Waals surface area (Å²) in [6.45, 7) is 2.11. The summed E-state index contributed by atoms with van der Waals surface area (Å²) >= 11 is 0. The number of fused-ring (bicyclic) bond motifs is 5. The zero-order valence-electron chi connectivity index (χ0n) is 17.8. The summed E-state index contributed by atoms with van der Waals surface area (Å²) in [7, 11) is 0. The standard InChI is InChI=1S/C24H28O8/c1-24-9-8-14-13-5-3-12(10-11(13)2-4-15(14)16(24)6-7-17(24)25)31-23-20(28)18(26)19(27)21(32-23)22(29)30/h3-5,10,14,16,18-21,23,26-28H,2,6-9H2,1H3,(H,29,30)/p-1/t14-,16+,18+,19+,20-,21+,23-,24+/m1/s1. The van der Waals surface area contributed by atoms with Crippen LogP contribution in [0, 0.1) is 11.3 Å². The minimum absolute atomic E-state index is 0.238. The number of carbonyl (C=O) groups is 2. The fourth-order valence-electron chi connectivity index (χ4n) is 6.07. The number of rotatable bonds is 3. The Morgan fingerprint density at radius 1 is 1.19 bits per heavy atom. The smallest absolute Gasteiger partial charge is 0.229 e. The third-order valence-electron chi connectivity index (χ3n) is 7.92. The van der Waals surface area contributed by atoms with Gasteiger partial charge in [0.1, 0.15) is 35.9 Å². The predicted octanol–water partition coefficient (Wildman–Crippen LogP) is -0.0318. The molecule has 8 heteroatoms. The fourth-order valence-corrected chi connectivity index (χ4v) is 6.07. The van der Waals surface area contributed by atoms with Gasteiger partial charge in [-0.3, -0.25) is 4.79 Å². The molecule has 1 aromatic rings. The lowest BCUT2D eigenvalue weighted by Gasteiger charge is -2.44. The van der Waals surface area contributed by atoms with Crippen LogP contribution in [0.25, 0.3) is 0 Å². The van der Waals surface area contributed by atoms with Gasteiger partial charge in [-0.2, -0.15) is 0 Å². The monoisotopic (exact) mass is 443 g/mol. The van der Waals surface area contributed by atoms with E-state index in [2.05, 4.69) is 13.0 Å². The number of carbonyl (C=O) groups excluding carboxylic acids is 2. The normalized spacial score (nSPS) is 40.7. The molecule has 1 aromatic carbocycles. The number of benzene rings is 1. The molecule has 1 aliphatic heterocycles. The first-order valence-corrected chi connectivity index (χ1v) is 11.1. The Labute approximate surface area is 185 Å². The number of carboxylic acids is 1. The van der Waals surface area contributed by atoms with Gasteiger partial charge in [-0.1, -0.05) is 24.6 Å². The molecule has 8 nitrogen and oxygen atoms in total. The van der Waals surface area contributed by atoms with Crippen LogP contribution in [0.15, 0.2) is 29.8 Å². The minimum atomic E-state index is -1.82. The van der Waals surface area contributed by atoms with E-state index in [1.54, 1.807) is 6.07 Å². The molecule has 4 aliphatic rings. The highest BCUT2D eigenvalue weighted by Gasteiger charge is 2.52. The lowest BCUT2D eigenvalue weighted by Crippen LogP contribution is -2.63. The Morgan fingerprint density at radius 3 is 2.72 bits per heavy atom. The van der Waals surface area contributed by atoms with Crippen molar-refractivity contribution >= 4 is 11.8 Å². The average Bonchev–Trinajstić information content (AvgIpc) is 3.08. The molecule has 3 N–H and O–H groups in total. The Hall–Kier alpha value is -2.26. The summed E-state index contributed by atoms with van der Waals surface area (Å²) in [5.74, 6) is -0.382. The summed E-state index contributed by atoms with van der Waals surface area (Å²) in [6.07, 6.45) is -2.18. The van der Waals surface area contributed by atoms with Gasteiger partial charge in [-0.25, -0.2) is 0 Å². The summed E-state index contributed by atoms with van der Waals surface area (Å²) in [5, 5.41) is 41.1. The highest BCUT2D eigenvalue weighted by atomic mass is 16.7. The lowest BCUT2D eigenvalue weighted by atomic mass is 9.60. The molecule has 32 heavy (non-hydrogen) atoms. The van der Waals surface area contributed by atoms with Crippen LogP contribution in [0.3, 0.4) is 0 Å². The van der Waals surface area contributed by atoms with Crippen molar-refractivity contribution in [3.63, 3.8) is 0 Å². The van der Waals surface area contributed by atoms with Crippen molar-refractivity contribution in [2.45, 2.75) is 75.7 Å². The van der Waals surface area contributed by atoms with Gasteiger partial charge in [0.25, 0.3) is 0 Å². The summed E-state index contributed by atoms with van der Waals surface area (Å²) < 4.78 is 10.8. The number of hydrogen-bond acceptors (Lipinski definition) is 8. The van der Waals surface area contributed by atoms with Crippen LogP contribution >= 0.6 is 0 Å². The third kappa shape index (κ3) is 3.20. The van der Waals surface area contributed by atoms with Gasteiger partial charge >= 0.3 is 0 Å². The quantitative estimate of drug-likeness (QED) is 0.554. The molecule has 8 atom stereocenters. The molecule has 172 valence electrons. The lowest BCUT2D eigenvalue weighted by molar-refractivity contribution is -0.342. The molecule has 3 aliphatic carbocycles. The molecule has 1 heterocycles. The van der Waals surface area contributed by atoms with Crippen LogP contribution in [-0.4, -0.2) is 57.8 Å². The second kappa shape index (κ2) is 7.66. The molecule has 0 unspecified atom stereocenters. The number of ketones is 1. The molecule has 0 spiro atoms. The van der Waals surface area contributed by atoms with Crippen LogP contribution in [-0.2, 0) is 20.7 Å². The van der Waals surface area contributed by atoms with Crippen molar-refractivity contribution in [1.82, 2.24) is 0 Å². The van der Waals surface area contributed by atoms with Crippen molar-refractivity contribution in [2.24, 2.45) is 11.3 Å². The van der Waals surface area contributed by atoms with E-state index in [0.717, 1.165) is 24.8 Å². The number of hydrogen-bond donors (Lipinski definition) is 3. The van der Waals surface area contributed by atoms with E-state index in [4.69, 9.17) is 9.47 Å². The second-order valence-electron chi connectivity index (χ2n) is 9.63. The molecule has 0 amide bonds. The van der Waals surface area contributed by atoms with Gasteiger partial charge in [-0.15, -0.1) is 0 Å². The third-order valence-corrected chi connectivity index (χ3v) is 7.92. The molecule has 0 radical (unpaired) electrons. The predicted molar refractivity (Wildman–Crippen MR) is 108 cm³/mol. The van der Waals surface area contributed by atoms with Crippen LogP contribution in [0.2, 0.25) is 0 Å². The van der Waals surface area contributed by atoms with Gasteiger partial charge in [-0.05, 0) is 54.9 Å². The number of Topliss-reactive ketones (excluding diaryl/α,β-unsaturated/α-hetero) is 1. The largest absolute Gasteiger partial charge is 0.547 e. The first kappa shape index (κ1) is 21.6. The van der Waals surface area contributed by atoms with Gasteiger partial charge in [0, 0.05) is 17.8 Å². The Bertz CT molecular complexity index is 986. The SMILES string of the molecule is C[C@]12CC[C@H]3C(=CCc4cc(O[C@@H]5O[C@H](C(=O)[O-])[C@@H](O)[C@H](O)[C@H]5O)ccc43)[C@@H]1CCC2=O. The fraction of sp³-hybridized carbons (Fsp3) is 0.583. The first-order valence-electron chi connectivity index (χ1n) is 11.1. The van der Waals surface area contributed by atoms with E-state index < -0.39 is 36.7 Å². The zero-order chi connectivity index (χ0) is 22.8. The number of allylic oxidation sites excluding steroid dienone is 2. The van der Waals surface area contributed by atoms with Crippen LogP contribution in [0.1, 0.15) is 49.7 Å². The van der Waals surface area contributed by atoms with E-state index >= 15 is 0 Å². The summed E-state index contributed by atoms with van der Waals surface area (Å²) in [4.78, 5) is 23.7. The molecule has 5 rings (SSSR count). The second-order valence-corrected chi connectivity index (χ2v) is 9.63. The van der Waals surface area contributed by atoms with Crippen molar-refractivity contribution in [3.8, 4) is 5.75 Å². The van der Waals surface area contributed by atoms with Gasteiger partial charge in [0.15, 0.2) is 0 Å². The highest BCUT2D eigenvalue weighted by Crippen LogP contribution is 2.58. The first-order chi connectivity index (χ1) is 15.2. The van der Waals surface area contributed by atoms with Crippen molar-refractivity contribution in [1.29, 1.82) is 0 Å². The average molecular weight is 443 g/mol. The van der Waals surface area contributed by atoms with Crippen molar-refractivity contribution in [3.05, 3.63) is 41.0 Å². The Balaban J connectivity index is 1.36. The highest BCUT2D eigenvalue weighted by molar-refractivity contribution is 5.88. The topological polar surface area (TPSA) is 136 Å². The maximum absolute atomic E-state index is 12.5. The molecule has 0 bridgehead atoms. The van der Waals surface area contributed by atoms with E-state index in [1.807, 2.05) is 12.1 Å². The van der Waals surface area contributed by atoms with Crippen LogP contribution < -0.4 is 9.84 Å². The maximum atomic E-state index is 12.5. The number of aliphatic hydroxyl groups is 3. The van der Waals surface area contributed by atoms with Crippen LogP contribution in [0.5, 0.6) is 5.75 Å². The molecule has 3 fully saturated rings. The van der Waals surface area contributed by atoms with E-state index in [1.165, 1.54) is 11.1 Å². The summed E-state index contributed by atoms with van der Waals surface area (Å²) in [6, 6.07) is 5.53. The molecule has 0 aromatic heterocycles. The van der Waals surface area contributed by atoms with Crippen molar-refractivity contribution < 1.29 is 39.5 Å². The zero-order valence-corrected chi connectivity index (χ0v) is 17.8. The van der Waals surface area contributed by atoms with Gasteiger partial charge in [0.2, 0.25) is 6.29 Å². The number of carboxylic acid groups (broad SMARTS) is 1. The minimum Gasteiger partial charge on any atom is -0.547 e. The maximum Gasteiger partial charge on any atom is 0.229 e.